The van der Waals surface area contributed by atoms with Crippen LogP contribution in [0, 0.1) is 12.7 Å². The number of aliphatic carboxylic acids is 1. The lowest BCUT2D eigenvalue weighted by atomic mass is 10.0. The topological polar surface area (TPSA) is 72.5 Å². The Hall–Kier alpha value is -1.62. The van der Waals surface area contributed by atoms with Crippen LogP contribution in [0.15, 0.2) is 12.1 Å². The van der Waals surface area contributed by atoms with E-state index in [-0.39, 0.29) is 11.3 Å². The molecule has 0 saturated heterocycles. The molecular formula is C10H12FNO3. The number of methoxy groups -OCH3 is 1. The zero-order valence-corrected chi connectivity index (χ0v) is 8.45. The SMILES string of the molecule is COc1cc(C)cc(C(N)C(=O)O)c1F. The largest absolute Gasteiger partial charge is 0.494 e. The highest BCUT2D eigenvalue weighted by atomic mass is 19.1. The van der Waals surface area contributed by atoms with Gasteiger partial charge in [0.05, 0.1) is 7.11 Å². The third-order valence-corrected chi connectivity index (χ3v) is 2.03. The van der Waals surface area contributed by atoms with Crippen molar-refractivity contribution in [2.24, 2.45) is 5.73 Å². The first-order valence-corrected chi connectivity index (χ1v) is 4.29. The van der Waals surface area contributed by atoms with Crippen LogP contribution in [0.25, 0.3) is 0 Å². The van der Waals surface area contributed by atoms with Crippen LogP contribution in [-0.2, 0) is 4.79 Å². The minimum atomic E-state index is -1.38. The number of carbonyl (C=O) groups is 1. The van der Waals surface area contributed by atoms with Crippen molar-refractivity contribution in [2.75, 3.05) is 7.11 Å². The van der Waals surface area contributed by atoms with Gasteiger partial charge in [-0.1, -0.05) is 6.07 Å². The third kappa shape index (κ3) is 2.24. The van der Waals surface area contributed by atoms with E-state index in [0.717, 1.165) is 0 Å². The number of carboxylic acids is 1. The van der Waals surface area contributed by atoms with Crippen molar-refractivity contribution in [1.82, 2.24) is 0 Å². The Labute approximate surface area is 86.5 Å². The number of aryl methyl sites for hydroxylation is 1. The van der Waals surface area contributed by atoms with Gasteiger partial charge in [-0.25, -0.2) is 4.39 Å². The molecule has 0 aliphatic heterocycles. The summed E-state index contributed by atoms with van der Waals surface area (Å²) in [4.78, 5) is 10.6. The molecule has 0 aromatic heterocycles. The third-order valence-electron chi connectivity index (χ3n) is 2.03. The molecule has 15 heavy (non-hydrogen) atoms. The van der Waals surface area contributed by atoms with E-state index in [1.54, 1.807) is 6.92 Å². The molecule has 0 heterocycles. The summed E-state index contributed by atoms with van der Waals surface area (Å²) in [5.74, 6) is -2.00. The van der Waals surface area contributed by atoms with Crippen LogP contribution in [0.3, 0.4) is 0 Å². The average molecular weight is 213 g/mol. The minimum Gasteiger partial charge on any atom is -0.494 e. The van der Waals surface area contributed by atoms with E-state index >= 15 is 0 Å². The zero-order valence-electron chi connectivity index (χ0n) is 8.45. The molecule has 1 atom stereocenters. The van der Waals surface area contributed by atoms with Crippen molar-refractivity contribution in [3.8, 4) is 5.75 Å². The zero-order chi connectivity index (χ0) is 11.6. The summed E-state index contributed by atoms with van der Waals surface area (Å²) < 4.78 is 18.4. The van der Waals surface area contributed by atoms with Gasteiger partial charge < -0.3 is 15.6 Å². The Balaban J connectivity index is 3.28. The quantitative estimate of drug-likeness (QED) is 0.792. The Bertz CT molecular complexity index is 392. The number of nitrogens with two attached hydrogens (primary N) is 1. The van der Waals surface area contributed by atoms with E-state index in [9.17, 15) is 9.18 Å². The maximum absolute atomic E-state index is 13.6. The van der Waals surface area contributed by atoms with Gasteiger partial charge in [-0.15, -0.1) is 0 Å². The fourth-order valence-corrected chi connectivity index (χ4v) is 1.27. The monoisotopic (exact) mass is 213 g/mol. The number of halogens is 1. The summed E-state index contributed by atoms with van der Waals surface area (Å²) in [6.45, 7) is 1.71. The summed E-state index contributed by atoms with van der Waals surface area (Å²) in [7, 11) is 1.31. The van der Waals surface area contributed by atoms with Gasteiger partial charge in [0.15, 0.2) is 11.6 Å². The second-order valence-electron chi connectivity index (χ2n) is 3.19. The van der Waals surface area contributed by atoms with Gasteiger partial charge in [-0.2, -0.15) is 0 Å². The highest BCUT2D eigenvalue weighted by Gasteiger charge is 2.21. The summed E-state index contributed by atoms with van der Waals surface area (Å²) in [5.41, 5.74) is 5.96. The van der Waals surface area contributed by atoms with Crippen LogP contribution in [0.1, 0.15) is 17.2 Å². The van der Waals surface area contributed by atoms with Gasteiger partial charge in [-0.05, 0) is 18.6 Å². The highest BCUT2D eigenvalue weighted by molar-refractivity contribution is 5.75. The number of ether oxygens (including phenoxy) is 1. The second-order valence-corrected chi connectivity index (χ2v) is 3.19. The van der Waals surface area contributed by atoms with Crippen molar-refractivity contribution in [3.63, 3.8) is 0 Å². The summed E-state index contributed by atoms with van der Waals surface area (Å²) in [5, 5.41) is 8.68. The Morgan fingerprint density at radius 2 is 2.20 bits per heavy atom. The molecule has 1 aromatic carbocycles. The van der Waals surface area contributed by atoms with Crippen LogP contribution in [0.4, 0.5) is 4.39 Å². The molecule has 0 spiro atoms. The van der Waals surface area contributed by atoms with Crippen molar-refractivity contribution < 1.29 is 19.0 Å². The molecule has 0 aliphatic carbocycles. The molecule has 82 valence electrons. The first kappa shape index (κ1) is 11.5. The van der Waals surface area contributed by atoms with E-state index in [1.165, 1.54) is 19.2 Å². The van der Waals surface area contributed by atoms with Gasteiger partial charge >= 0.3 is 5.97 Å². The van der Waals surface area contributed by atoms with Gasteiger partial charge in [0.2, 0.25) is 0 Å². The molecule has 0 saturated carbocycles. The lowest BCUT2D eigenvalue weighted by molar-refractivity contribution is -0.138. The van der Waals surface area contributed by atoms with Crippen LogP contribution >= 0.6 is 0 Å². The maximum atomic E-state index is 13.6. The molecule has 0 aliphatic rings. The Morgan fingerprint density at radius 3 is 2.67 bits per heavy atom. The van der Waals surface area contributed by atoms with Gasteiger partial charge in [0.1, 0.15) is 6.04 Å². The number of rotatable bonds is 3. The molecule has 0 amide bonds. The van der Waals surface area contributed by atoms with E-state index < -0.39 is 17.8 Å². The Morgan fingerprint density at radius 1 is 1.60 bits per heavy atom. The van der Waals surface area contributed by atoms with Crippen LogP contribution in [-0.4, -0.2) is 18.2 Å². The first-order valence-electron chi connectivity index (χ1n) is 4.29. The summed E-state index contributed by atoms with van der Waals surface area (Å²) in [6, 6.07) is 1.50. The normalized spacial score (nSPS) is 12.3. The van der Waals surface area contributed by atoms with E-state index in [4.69, 9.17) is 15.6 Å². The van der Waals surface area contributed by atoms with Crippen molar-refractivity contribution in [2.45, 2.75) is 13.0 Å². The van der Waals surface area contributed by atoms with Gasteiger partial charge in [0, 0.05) is 5.56 Å². The van der Waals surface area contributed by atoms with Gasteiger partial charge in [-0.3, -0.25) is 4.79 Å². The fraction of sp³-hybridized carbons (Fsp3) is 0.300. The molecule has 0 bridgehead atoms. The fourth-order valence-electron chi connectivity index (χ4n) is 1.27. The van der Waals surface area contributed by atoms with Crippen LogP contribution < -0.4 is 10.5 Å². The maximum Gasteiger partial charge on any atom is 0.325 e. The van der Waals surface area contributed by atoms with E-state index in [2.05, 4.69) is 0 Å². The molecule has 4 nitrogen and oxygen atoms in total. The number of hydrogen-bond acceptors (Lipinski definition) is 3. The first-order chi connectivity index (χ1) is 6.97. The number of hydrogen-bond donors (Lipinski definition) is 2. The molecule has 1 aromatic rings. The highest BCUT2D eigenvalue weighted by Crippen LogP contribution is 2.26. The average Bonchev–Trinajstić information content (AvgIpc) is 2.19. The van der Waals surface area contributed by atoms with E-state index in [1.807, 2.05) is 0 Å². The van der Waals surface area contributed by atoms with Gasteiger partial charge in [0.25, 0.3) is 0 Å². The molecule has 1 rings (SSSR count). The molecule has 0 fully saturated rings. The molecule has 1 unspecified atom stereocenters. The predicted octanol–water partition coefficient (Wildman–Crippen LogP) is 1.23. The van der Waals surface area contributed by atoms with Crippen molar-refractivity contribution >= 4 is 5.97 Å². The Kier molecular flexibility index (Phi) is 3.26. The van der Waals surface area contributed by atoms with Crippen molar-refractivity contribution in [3.05, 3.63) is 29.1 Å². The number of carboxylic acid groups (broad SMARTS) is 1. The smallest absolute Gasteiger partial charge is 0.325 e. The molecule has 0 radical (unpaired) electrons. The summed E-state index contributed by atoms with van der Waals surface area (Å²) >= 11 is 0. The molecule has 3 N–H and O–H groups in total. The molecular weight excluding hydrogens is 201 g/mol. The lowest BCUT2D eigenvalue weighted by Gasteiger charge is -2.12. The minimum absolute atomic E-state index is 0.00157. The lowest BCUT2D eigenvalue weighted by Crippen LogP contribution is -2.22. The second kappa shape index (κ2) is 4.27. The predicted molar refractivity (Wildman–Crippen MR) is 52.3 cm³/mol. The van der Waals surface area contributed by atoms with Crippen LogP contribution in [0.5, 0.6) is 5.75 Å². The number of benzene rings is 1. The van der Waals surface area contributed by atoms with E-state index in [0.29, 0.717) is 5.56 Å². The van der Waals surface area contributed by atoms with Crippen LogP contribution in [0.2, 0.25) is 0 Å². The van der Waals surface area contributed by atoms with Crippen molar-refractivity contribution in [1.29, 1.82) is 0 Å². The standard InChI is InChI=1S/C10H12FNO3/c1-5-3-6(9(12)10(13)14)8(11)7(4-5)15-2/h3-4,9H,12H2,1-2H3,(H,13,14). The summed E-state index contributed by atoms with van der Waals surface area (Å²) in [6.07, 6.45) is 0. The molecule has 5 heteroatoms.